The minimum atomic E-state index is -1.05. The van der Waals surface area contributed by atoms with Crippen molar-refractivity contribution in [1.29, 1.82) is 0 Å². The number of amidine groups is 1. The molecule has 21 heavy (non-hydrogen) atoms. The fourth-order valence-corrected chi connectivity index (χ4v) is 1.75. The summed E-state index contributed by atoms with van der Waals surface area (Å²) in [6, 6.07) is 0. The molecule has 1 atom stereocenters. The minimum Gasteiger partial charge on any atom is -0.385 e. The third kappa shape index (κ3) is 5.06. The van der Waals surface area contributed by atoms with Crippen LogP contribution in [0.5, 0.6) is 0 Å². The fraction of sp³-hybridized carbons (Fsp3) is 0.727. The number of tetrazole rings is 1. The summed E-state index contributed by atoms with van der Waals surface area (Å²) in [4.78, 5) is 17.3. The molecule has 0 aliphatic rings. The topological polar surface area (TPSA) is 139 Å². The van der Waals surface area contributed by atoms with Crippen molar-refractivity contribution in [2.45, 2.75) is 31.7 Å². The number of halogens is 1. The van der Waals surface area contributed by atoms with Crippen molar-refractivity contribution in [3.8, 4) is 0 Å². The van der Waals surface area contributed by atoms with Crippen LogP contribution in [0.1, 0.15) is 26.2 Å². The summed E-state index contributed by atoms with van der Waals surface area (Å²) >= 11 is 0. The number of rotatable bonds is 8. The molecule has 0 saturated carbocycles. The summed E-state index contributed by atoms with van der Waals surface area (Å²) in [7, 11) is 1.53. The number of anilines is 1. The minimum absolute atomic E-state index is 0.0153. The molecule has 0 bridgehead atoms. The number of aromatic amines is 1. The van der Waals surface area contributed by atoms with Gasteiger partial charge in [-0.05, 0) is 31.4 Å². The van der Waals surface area contributed by atoms with Crippen molar-refractivity contribution in [2.24, 2.45) is 16.5 Å². The molecule has 9 nitrogen and oxygen atoms in total. The smallest absolute Gasteiger partial charge is 0.272 e. The molecular weight excluding hydrogens is 279 g/mol. The Labute approximate surface area is 122 Å². The summed E-state index contributed by atoms with van der Waals surface area (Å²) in [6.07, 6.45) is 1.80. The largest absolute Gasteiger partial charge is 0.385 e. The molecule has 1 aromatic heterocycles. The molecular formula is C11H21FN8O. The lowest BCUT2D eigenvalue weighted by Gasteiger charge is -2.27. The maximum atomic E-state index is 12.3. The van der Waals surface area contributed by atoms with E-state index in [0.717, 1.165) is 0 Å². The van der Waals surface area contributed by atoms with Crippen LogP contribution >= 0.6 is 0 Å². The number of nitrogens with one attached hydrogen (secondary N) is 1. The number of aromatic nitrogens is 4. The molecule has 0 aromatic carbocycles. The average molecular weight is 300 g/mol. The molecule has 0 spiro atoms. The number of carbonyl (C=O) groups is 1. The summed E-state index contributed by atoms with van der Waals surface area (Å²) in [5, 5.41) is 13.1. The highest BCUT2D eigenvalue weighted by molar-refractivity contribution is 5.97. The van der Waals surface area contributed by atoms with Crippen molar-refractivity contribution in [3.05, 3.63) is 0 Å². The monoisotopic (exact) mass is 300 g/mol. The van der Waals surface area contributed by atoms with E-state index in [2.05, 4.69) is 25.6 Å². The third-order valence-electron chi connectivity index (χ3n) is 2.98. The first-order chi connectivity index (χ1) is 9.88. The Balaban J connectivity index is 2.44. The lowest BCUT2D eigenvalue weighted by atomic mass is 9.94. The lowest BCUT2D eigenvalue weighted by molar-refractivity contribution is -0.123. The van der Waals surface area contributed by atoms with Crippen LogP contribution in [0.2, 0.25) is 0 Å². The maximum Gasteiger partial charge on any atom is 0.272 e. The van der Waals surface area contributed by atoms with Gasteiger partial charge in [-0.15, -0.1) is 5.10 Å². The van der Waals surface area contributed by atoms with Crippen LogP contribution in [-0.2, 0) is 4.79 Å². The number of alkyl halides is 1. The summed E-state index contributed by atoms with van der Waals surface area (Å²) in [6.45, 7) is 1.31. The molecule has 10 heteroatoms. The van der Waals surface area contributed by atoms with Crippen molar-refractivity contribution in [2.75, 3.05) is 25.2 Å². The Morgan fingerprint density at radius 2 is 2.24 bits per heavy atom. The van der Waals surface area contributed by atoms with E-state index in [0.29, 0.717) is 25.8 Å². The van der Waals surface area contributed by atoms with Crippen molar-refractivity contribution in [3.63, 3.8) is 0 Å². The SMILES string of the molecule is CN(C(=O)C(C)(N)CCCCN=C(N)CF)c1nn[nH]n1. The van der Waals surface area contributed by atoms with Gasteiger partial charge in [0.05, 0.1) is 5.54 Å². The van der Waals surface area contributed by atoms with Gasteiger partial charge in [0.15, 0.2) is 0 Å². The van der Waals surface area contributed by atoms with Gasteiger partial charge in [0.25, 0.3) is 5.95 Å². The van der Waals surface area contributed by atoms with Gasteiger partial charge in [0, 0.05) is 13.6 Å². The van der Waals surface area contributed by atoms with E-state index in [1.807, 2.05) is 0 Å². The quantitative estimate of drug-likeness (QED) is 0.332. The maximum absolute atomic E-state index is 12.3. The number of aliphatic imine (C=N–C) groups is 1. The highest BCUT2D eigenvalue weighted by atomic mass is 19.1. The summed E-state index contributed by atoms with van der Waals surface area (Å²) in [5.74, 6) is -0.161. The van der Waals surface area contributed by atoms with E-state index < -0.39 is 12.2 Å². The van der Waals surface area contributed by atoms with Crippen molar-refractivity contribution in [1.82, 2.24) is 20.6 Å². The Morgan fingerprint density at radius 1 is 1.52 bits per heavy atom. The Hall–Kier alpha value is -2.10. The molecule has 0 saturated heterocycles. The second kappa shape index (κ2) is 7.62. The zero-order valence-corrected chi connectivity index (χ0v) is 12.2. The van der Waals surface area contributed by atoms with E-state index >= 15 is 0 Å². The zero-order chi connectivity index (χ0) is 15.9. The number of nitrogens with two attached hydrogens (primary N) is 2. The average Bonchev–Trinajstić information content (AvgIpc) is 2.99. The standard InChI is InChI=1S/C11H21FN8O/c1-11(14,5-3-4-6-15-8(13)7-12)9(21)20(2)10-16-18-19-17-10/h3-7,14H2,1-2H3,(H2,13,15)(H,16,17,18,19). The van der Waals surface area contributed by atoms with Crippen LogP contribution in [0, 0.1) is 0 Å². The molecule has 0 aliphatic heterocycles. The molecule has 0 aliphatic carbocycles. The molecule has 1 aromatic rings. The van der Waals surface area contributed by atoms with Crippen LogP contribution in [0.15, 0.2) is 4.99 Å². The van der Waals surface area contributed by atoms with Gasteiger partial charge in [0.1, 0.15) is 12.5 Å². The number of unbranched alkanes of at least 4 members (excludes halogenated alkanes) is 1. The number of nitrogens with zero attached hydrogens (tertiary/aromatic N) is 5. The van der Waals surface area contributed by atoms with Crippen LogP contribution in [-0.4, -0.2) is 58.2 Å². The predicted molar refractivity (Wildman–Crippen MR) is 76.5 cm³/mol. The van der Waals surface area contributed by atoms with E-state index in [1.165, 1.54) is 11.9 Å². The number of H-pyrrole nitrogens is 1. The van der Waals surface area contributed by atoms with Gasteiger partial charge in [-0.1, -0.05) is 5.10 Å². The van der Waals surface area contributed by atoms with Gasteiger partial charge >= 0.3 is 0 Å². The number of amides is 1. The summed E-state index contributed by atoms with van der Waals surface area (Å²) in [5.41, 5.74) is 10.2. The van der Waals surface area contributed by atoms with Gasteiger partial charge < -0.3 is 11.5 Å². The number of hydrogen-bond acceptors (Lipinski definition) is 6. The lowest BCUT2D eigenvalue weighted by Crippen LogP contribution is -2.52. The normalized spacial score (nSPS) is 14.8. The van der Waals surface area contributed by atoms with E-state index in [4.69, 9.17) is 11.5 Å². The van der Waals surface area contributed by atoms with Crippen molar-refractivity contribution < 1.29 is 9.18 Å². The molecule has 0 fully saturated rings. The van der Waals surface area contributed by atoms with Gasteiger partial charge in [-0.3, -0.25) is 14.7 Å². The van der Waals surface area contributed by atoms with Crippen LogP contribution in [0.3, 0.4) is 0 Å². The zero-order valence-electron chi connectivity index (χ0n) is 12.2. The Kier molecular flexibility index (Phi) is 6.15. The first kappa shape index (κ1) is 17.0. The Bertz CT molecular complexity index is 473. The second-order valence-electron chi connectivity index (χ2n) is 4.96. The van der Waals surface area contributed by atoms with Gasteiger partial charge in [-0.2, -0.15) is 5.21 Å². The van der Waals surface area contributed by atoms with Crippen molar-refractivity contribution >= 4 is 17.7 Å². The fourth-order valence-electron chi connectivity index (χ4n) is 1.75. The molecule has 0 radical (unpaired) electrons. The third-order valence-corrected chi connectivity index (χ3v) is 2.98. The Morgan fingerprint density at radius 3 is 2.81 bits per heavy atom. The molecule has 1 unspecified atom stereocenters. The van der Waals surface area contributed by atoms with Gasteiger partial charge in [-0.25, -0.2) is 4.39 Å². The number of carbonyl (C=O) groups excluding carboxylic acids is 1. The predicted octanol–water partition coefficient (Wildman–Crippen LogP) is -0.623. The number of hydrogen-bond donors (Lipinski definition) is 3. The highest BCUT2D eigenvalue weighted by Crippen LogP contribution is 2.16. The molecule has 1 rings (SSSR count). The van der Waals surface area contributed by atoms with Crippen LogP contribution in [0.25, 0.3) is 0 Å². The van der Waals surface area contributed by atoms with Crippen LogP contribution in [0.4, 0.5) is 10.3 Å². The first-order valence-electron chi connectivity index (χ1n) is 6.53. The van der Waals surface area contributed by atoms with E-state index in [-0.39, 0.29) is 17.7 Å². The second-order valence-corrected chi connectivity index (χ2v) is 4.96. The first-order valence-corrected chi connectivity index (χ1v) is 6.53. The highest BCUT2D eigenvalue weighted by Gasteiger charge is 2.32. The molecule has 5 N–H and O–H groups in total. The summed E-state index contributed by atoms with van der Waals surface area (Å²) < 4.78 is 12.1. The van der Waals surface area contributed by atoms with Gasteiger partial charge in [0.2, 0.25) is 5.91 Å². The number of likely N-dealkylation sites (N-methyl/N-ethyl adjacent to an activating group) is 1. The van der Waals surface area contributed by atoms with E-state index in [9.17, 15) is 9.18 Å². The molecule has 1 amide bonds. The molecule has 118 valence electrons. The van der Waals surface area contributed by atoms with E-state index in [1.54, 1.807) is 6.92 Å². The van der Waals surface area contributed by atoms with Crippen LogP contribution < -0.4 is 16.4 Å². The molecule has 1 heterocycles.